The zero-order valence-corrected chi connectivity index (χ0v) is 30.1. The van der Waals surface area contributed by atoms with Gasteiger partial charge in [0.1, 0.15) is 11.2 Å². The van der Waals surface area contributed by atoms with Crippen molar-refractivity contribution in [2.75, 3.05) is 0 Å². The molecule has 0 amide bonds. The Labute approximate surface area is 321 Å². The molecule has 10 aromatic carbocycles. The molecule has 3 nitrogen and oxygen atoms in total. The van der Waals surface area contributed by atoms with Crippen LogP contribution in [0.2, 0.25) is 0 Å². The zero-order valence-electron chi connectivity index (χ0n) is 30.1. The largest absolute Gasteiger partial charge is 0.455 e. The predicted molar refractivity (Wildman–Crippen MR) is 234 cm³/mol. The summed E-state index contributed by atoms with van der Waals surface area (Å²) in [6.45, 7) is 0. The van der Waals surface area contributed by atoms with E-state index in [4.69, 9.17) is 4.42 Å². The highest BCUT2D eigenvalue weighted by Gasteiger charge is 2.23. The van der Waals surface area contributed by atoms with Gasteiger partial charge in [-0.2, -0.15) is 5.26 Å². The van der Waals surface area contributed by atoms with E-state index < -0.39 is 0 Å². The summed E-state index contributed by atoms with van der Waals surface area (Å²) in [5.74, 6) is 0. The second-order valence-corrected chi connectivity index (χ2v) is 14.7. The van der Waals surface area contributed by atoms with Gasteiger partial charge in [-0.15, -0.1) is 0 Å². The third-order valence-corrected chi connectivity index (χ3v) is 11.7. The maximum Gasteiger partial charge on any atom is 0.143 e. The summed E-state index contributed by atoms with van der Waals surface area (Å²) >= 11 is 0. The Kier molecular flexibility index (Phi) is 6.41. The van der Waals surface area contributed by atoms with Gasteiger partial charge in [-0.3, -0.25) is 0 Å². The first kappa shape index (κ1) is 30.8. The zero-order chi connectivity index (χ0) is 36.9. The quantitative estimate of drug-likeness (QED) is 0.171. The number of furan rings is 1. The highest BCUT2D eigenvalue weighted by atomic mass is 16.3. The van der Waals surface area contributed by atoms with E-state index in [1.54, 1.807) is 0 Å². The average molecular weight is 711 g/mol. The summed E-state index contributed by atoms with van der Waals surface area (Å²) < 4.78 is 9.29. The Morgan fingerprint density at radius 1 is 0.429 bits per heavy atom. The van der Waals surface area contributed by atoms with Crippen molar-refractivity contribution in [2.24, 2.45) is 0 Å². The number of fused-ring (bicyclic) bond motifs is 11. The summed E-state index contributed by atoms with van der Waals surface area (Å²) in [7, 11) is 0. The minimum absolute atomic E-state index is 0.649. The highest BCUT2D eigenvalue weighted by Crippen LogP contribution is 2.49. The van der Waals surface area contributed by atoms with Crippen LogP contribution in [0.3, 0.4) is 0 Å². The Morgan fingerprint density at radius 3 is 1.70 bits per heavy atom. The first-order chi connectivity index (χ1) is 27.7. The van der Waals surface area contributed by atoms with Gasteiger partial charge in [0.25, 0.3) is 0 Å². The number of rotatable bonds is 3. The van der Waals surface area contributed by atoms with E-state index in [-0.39, 0.29) is 0 Å². The lowest BCUT2D eigenvalue weighted by molar-refractivity contribution is 0.671. The average Bonchev–Trinajstić information content (AvgIpc) is 3.79. The lowest BCUT2D eigenvalue weighted by Crippen LogP contribution is -1.93. The molecule has 12 aromatic rings. The first-order valence-corrected chi connectivity index (χ1v) is 19.0. The Bertz CT molecular complexity index is 3600. The maximum absolute atomic E-state index is 9.93. The van der Waals surface area contributed by atoms with Crippen molar-refractivity contribution >= 4 is 86.8 Å². The van der Waals surface area contributed by atoms with Gasteiger partial charge in [0.15, 0.2) is 0 Å². The second kappa shape index (κ2) is 11.7. The molecule has 0 aliphatic heterocycles. The summed E-state index contributed by atoms with van der Waals surface area (Å²) in [5.41, 5.74) is 10.3. The van der Waals surface area contributed by atoms with E-state index in [1.807, 2.05) is 18.2 Å². The molecular formula is C53H30N2O. The van der Waals surface area contributed by atoms with Crippen LogP contribution in [0.1, 0.15) is 5.56 Å². The smallest absolute Gasteiger partial charge is 0.143 e. The Balaban J connectivity index is 1.19. The van der Waals surface area contributed by atoms with Crippen LogP contribution in [0.5, 0.6) is 0 Å². The van der Waals surface area contributed by atoms with Crippen LogP contribution < -0.4 is 0 Å². The first-order valence-electron chi connectivity index (χ1n) is 19.0. The normalized spacial score (nSPS) is 11.9. The third-order valence-electron chi connectivity index (χ3n) is 11.7. The fraction of sp³-hybridized carbons (Fsp3) is 0. The summed E-state index contributed by atoms with van der Waals surface area (Å²) in [6.07, 6.45) is 0. The van der Waals surface area contributed by atoms with Crippen LogP contribution in [-0.2, 0) is 0 Å². The van der Waals surface area contributed by atoms with Crippen LogP contribution in [0.15, 0.2) is 186 Å². The van der Waals surface area contributed by atoms with Crippen LogP contribution in [0.4, 0.5) is 0 Å². The topological polar surface area (TPSA) is 41.9 Å². The molecule has 12 rings (SSSR count). The molecule has 0 aliphatic carbocycles. The molecule has 0 aliphatic rings. The van der Waals surface area contributed by atoms with E-state index in [9.17, 15) is 5.26 Å². The number of hydrogen-bond donors (Lipinski definition) is 0. The van der Waals surface area contributed by atoms with Crippen molar-refractivity contribution in [2.45, 2.75) is 0 Å². The molecule has 56 heavy (non-hydrogen) atoms. The van der Waals surface area contributed by atoms with Gasteiger partial charge in [-0.1, -0.05) is 121 Å². The molecular weight excluding hydrogens is 681 g/mol. The number of benzene rings is 10. The van der Waals surface area contributed by atoms with E-state index in [0.29, 0.717) is 5.56 Å². The van der Waals surface area contributed by atoms with Crippen LogP contribution >= 0.6 is 0 Å². The van der Waals surface area contributed by atoms with Crippen molar-refractivity contribution in [3.8, 4) is 34.0 Å². The summed E-state index contributed by atoms with van der Waals surface area (Å²) in [5, 5.41) is 23.8. The van der Waals surface area contributed by atoms with E-state index in [1.165, 1.54) is 48.8 Å². The molecule has 0 bridgehead atoms. The molecule has 2 heterocycles. The van der Waals surface area contributed by atoms with Gasteiger partial charge < -0.3 is 8.98 Å². The molecule has 0 unspecified atom stereocenters. The van der Waals surface area contributed by atoms with Gasteiger partial charge in [0.05, 0.1) is 22.7 Å². The lowest BCUT2D eigenvalue weighted by atomic mass is 9.84. The molecule has 2 aromatic heterocycles. The molecule has 0 spiro atoms. The van der Waals surface area contributed by atoms with Crippen molar-refractivity contribution in [3.05, 3.63) is 188 Å². The standard InChI is InChI=1S/C53H30N2O/c54-31-32-22-24-47-43(26-32)44-29-36(23-25-48(44)55(47)37-15-2-1-3-16-37)50-39-18-8-10-20-41(39)51(42-21-11-9-19-40(42)50)46-28-35-14-6-7-17-38(35)52-45-27-33-12-4-5-13-34(33)30-49(45)56-53(46)52/h1-30H. The van der Waals surface area contributed by atoms with E-state index in [0.717, 1.165) is 65.9 Å². The monoisotopic (exact) mass is 710 g/mol. The van der Waals surface area contributed by atoms with Gasteiger partial charge >= 0.3 is 0 Å². The fourth-order valence-electron chi connectivity index (χ4n) is 9.33. The molecule has 0 saturated heterocycles. The minimum Gasteiger partial charge on any atom is -0.455 e. The minimum atomic E-state index is 0.649. The van der Waals surface area contributed by atoms with Crippen LogP contribution in [-0.4, -0.2) is 4.57 Å². The molecule has 0 N–H and O–H groups in total. The number of nitrogens with zero attached hydrogens (tertiary/aromatic N) is 2. The second-order valence-electron chi connectivity index (χ2n) is 14.7. The highest BCUT2D eigenvalue weighted by molar-refractivity contribution is 6.29. The van der Waals surface area contributed by atoms with Crippen molar-refractivity contribution in [3.63, 3.8) is 0 Å². The molecule has 0 atom stereocenters. The Hall–Kier alpha value is -7.67. The van der Waals surface area contributed by atoms with E-state index >= 15 is 0 Å². The predicted octanol–water partition coefficient (Wildman–Crippen LogP) is 14.5. The van der Waals surface area contributed by atoms with Gasteiger partial charge in [0.2, 0.25) is 0 Å². The van der Waals surface area contributed by atoms with Gasteiger partial charge in [0, 0.05) is 38.4 Å². The SMILES string of the molecule is N#Cc1ccc2c(c1)c1cc(-c3c4ccccc4c(-c4cc5ccccc5c5c4oc4cc6ccccc6cc45)c4ccccc34)ccc1n2-c1ccccc1. The fourth-order valence-corrected chi connectivity index (χ4v) is 9.33. The summed E-state index contributed by atoms with van der Waals surface area (Å²) in [6, 6.07) is 67.3. The van der Waals surface area contributed by atoms with E-state index in [2.05, 4.69) is 174 Å². The lowest BCUT2D eigenvalue weighted by Gasteiger charge is -2.18. The maximum atomic E-state index is 9.93. The molecule has 0 fully saturated rings. The van der Waals surface area contributed by atoms with Crippen LogP contribution in [0.25, 0.3) is 115 Å². The van der Waals surface area contributed by atoms with Crippen molar-refractivity contribution in [1.29, 1.82) is 5.26 Å². The van der Waals surface area contributed by atoms with Crippen molar-refractivity contribution in [1.82, 2.24) is 4.57 Å². The number of para-hydroxylation sites is 1. The third kappa shape index (κ3) is 4.33. The number of nitriles is 1. The Morgan fingerprint density at radius 2 is 1.00 bits per heavy atom. The number of aromatic nitrogens is 1. The molecule has 3 heteroatoms. The van der Waals surface area contributed by atoms with Gasteiger partial charge in [-0.05, 0) is 115 Å². The molecule has 0 saturated carbocycles. The molecule has 0 radical (unpaired) electrons. The summed E-state index contributed by atoms with van der Waals surface area (Å²) in [4.78, 5) is 0. The van der Waals surface area contributed by atoms with Crippen LogP contribution in [0, 0.1) is 11.3 Å². The molecule has 258 valence electrons. The number of hydrogen-bond acceptors (Lipinski definition) is 2. The van der Waals surface area contributed by atoms with Gasteiger partial charge in [-0.25, -0.2) is 0 Å². The van der Waals surface area contributed by atoms with Crippen molar-refractivity contribution < 1.29 is 4.42 Å².